The van der Waals surface area contributed by atoms with Gasteiger partial charge >= 0.3 is 0 Å². The second-order valence-corrected chi connectivity index (χ2v) is 5.51. The zero-order valence-corrected chi connectivity index (χ0v) is 16.5. The van der Waals surface area contributed by atoms with Gasteiger partial charge in [-0.25, -0.2) is 0 Å². The summed E-state index contributed by atoms with van der Waals surface area (Å²) in [5.41, 5.74) is 4.59. The van der Waals surface area contributed by atoms with Crippen LogP contribution in [0.3, 0.4) is 0 Å². The second kappa shape index (κ2) is 9.50. The van der Waals surface area contributed by atoms with Gasteiger partial charge in [-0.1, -0.05) is 35.9 Å². The largest absolute Gasteiger partial charge is 0.351 e. The van der Waals surface area contributed by atoms with E-state index in [-0.39, 0.29) is 24.0 Å². The molecule has 4 nitrogen and oxygen atoms in total. The number of nitrogens with zero attached hydrogens (tertiary/aromatic N) is 3. The van der Waals surface area contributed by atoms with Crippen LogP contribution in [0.15, 0.2) is 47.5 Å². The molecule has 0 saturated carbocycles. The number of aliphatic imine (C=N–C) groups is 1. The quantitative estimate of drug-likeness (QED) is 0.464. The maximum atomic E-state index is 4.50. The molecule has 0 aliphatic rings. The number of rotatable bonds is 4. The predicted octanol–water partition coefficient (Wildman–Crippen LogP) is 3.52. The molecule has 0 unspecified atom stereocenters. The first kappa shape index (κ1) is 19.4. The van der Waals surface area contributed by atoms with Crippen LogP contribution in [0.2, 0.25) is 0 Å². The van der Waals surface area contributed by atoms with Crippen LogP contribution in [0, 0.1) is 13.8 Å². The first-order valence-corrected chi connectivity index (χ1v) is 7.48. The van der Waals surface area contributed by atoms with Crippen molar-refractivity contribution in [3.05, 3.63) is 65.0 Å². The standard InChI is InChI=1S/C18H24N4.HI/c1-14-8-10-16(11-9-14)13-22(4)18(19-3)20-12-17-7-5-6-15(2)21-17;/h5-11H,12-13H2,1-4H3,(H,19,20);1H. The van der Waals surface area contributed by atoms with Crippen LogP contribution in [0.5, 0.6) is 0 Å². The lowest BCUT2D eigenvalue weighted by Crippen LogP contribution is -2.38. The SMILES string of the molecule is CN=C(NCc1cccc(C)n1)N(C)Cc1ccc(C)cc1.I. The van der Waals surface area contributed by atoms with Crippen molar-refractivity contribution in [2.24, 2.45) is 4.99 Å². The Morgan fingerprint density at radius 1 is 1.13 bits per heavy atom. The van der Waals surface area contributed by atoms with Crippen molar-refractivity contribution in [1.29, 1.82) is 0 Å². The number of hydrogen-bond donors (Lipinski definition) is 1. The molecular weight excluding hydrogens is 399 g/mol. The van der Waals surface area contributed by atoms with Gasteiger partial charge in [-0.15, -0.1) is 24.0 Å². The minimum absolute atomic E-state index is 0. The molecule has 23 heavy (non-hydrogen) atoms. The first-order chi connectivity index (χ1) is 10.6. The number of benzene rings is 1. The van der Waals surface area contributed by atoms with Gasteiger partial charge in [-0.05, 0) is 31.5 Å². The summed E-state index contributed by atoms with van der Waals surface area (Å²) in [6.07, 6.45) is 0. The molecule has 2 rings (SSSR count). The summed E-state index contributed by atoms with van der Waals surface area (Å²) in [6, 6.07) is 14.6. The van der Waals surface area contributed by atoms with Crippen molar-refractivity contribution in [2.75, 3.05) is 14.1 Å². The second-order valence-electron chi connectivity index (χ2n) is 5.51. The Balaban J connectivity index is 0.00000264. The highest BCUT2D eigenvalue weighted by molar-refractivity contribution is 14.0. The number of aryl methyl sites for hydroxylation is 2. The van der Waals surface area contributed by atoms with E-state index in [0.29, 0.717) is 6.54 Å². The highest BCUT2D eigenvalue weighted by Crippen LogP contribution is 2.06. The molecule has 0 amide bonds. The number of nitrogens with one attached hydrogen (secondary N) is 1. The maximum absolute atomic E-state index is 4.50. The molecule has 2 aromatic rings. The van der Waals surface area contributed by atoms with E-state index in [0.717, 1.165) is 23.9 Å². The average Bonchev–Trinajstić information content (AvgIpc) is 2.50. The van der Waals surface area contributed by atoms with Crippen molar-refractivity contribution < 1.29 is 0 Å². The minimum Gasteiger partial charge on any atom is -0.351 e. The zero-order chi connectivity index (χ0) is 15.9. The highest BCUT2D eigenvalue weighted by atomic mass is 127. The van der Waals surface area contributed by atoms with E-state index >= 15 is 0 Å². The van der Waals surface area contributed by atoms with Crippen LogP contribution in [-0.4, -0.2) is 29.9 Å². The molecule has 0 atom stereocenters. The zero-order valence-electron chi connectivity index (χ0n) is 14.2. The first-order valence-electron chi connectivity index (χ1n) is 7.48. The third-order valence-electron chi connectivity index (χ3n) is 3.49. The molecule has 1 N–H and O–H groups in total. The van der Waals surface area contributed by atoms with E-state index < -0.39 is 0 Å². The fraction of sp³-hybridized carbons (Fsp3) is 0.333. The number of hydrogen-bond acceptors (Lipinski definition) is 2. The fourth-order valence-electron chi connectivity index (χ4n) is 2.29. The van der Waals surface area contributed by atoms with Crippen molar-refractivity contribution in [3.63, 3.8) is 0 Å². The van der Waals surface area contributed by atoms with E-state index in [2.05, 4.69) is 51.4 Å². The lowest BCUT2D eigenvalue weighted by molar-refractivity contribution is 0.476. The molecule has 0 aliphatic carbocycles. The smallest absolute Gasteiger partial charge is 0.194 e. The van der Waals surface area contributed by atoms with E-state index in [1.165, 1.54) is 11.1 Å². The van der Waals surface area contributed by atoms with Crippen molar-refractivity contribution in [1.82, 2.24) is 15.2 Å². The maximum Gasteiger partial charge on any atom is 0.194 e. The Labute approximate surface area is 156 Å². The van der Waals surface area contributed by atoms with Gasteiger partial charge in [0.15, 0.2) is 5.96 Å². The lowest BCUT2D eigenvalue weighted by atomic mass is 10.1. The van der Waals surface area contributed by atoms with Crippen molar-refractivity contribution in [2.45, 2.75) is 26.9 Å². The Morgan fingerprint density at radius 3 is 2.43 bits per heavy atom. The van der Waals surface area contributed by atoms with E-state index in [1.807, 2.05) is 32.2 Å². The van der Waals surface area contributed by atoms with E-state index in [9.17, 15) is 0 Å². The number of guanidine groups is 1. The summed E-state index contributed by atoms with van der Waals surface area (Å²) in [5.74, 6) is 0.865. The average molecular weight is 424 g/mol. The van der Waals surface area contributed by atoms with Gasteiger partial charge in [0.1, 0.15) is 0 Å². The lowest BCUT2D eigenvalue weighted by Gasteiger charge is -2.22. The van der Waals surface area contributed by atoms with Crippen LogP contribution >= 0.6 is 24.0 Å². The molecule has 1 aromatic carbocycles. The molecule has 0 radical (unpaired) electrons. The molecule has 0 aliphatic heterocycles. The Morgan fingerprint density at radius 2 is 1.83 bits per heavy atom. The normalized spacial score (nSPS) is 10.9. The van der Waals surface area contributed by atoms with Crippen LogP contribution in [-0.2, 0) is 13.1 Å². The van der Waals surface area contributed by atoms with E-state index in [1.54, 1.807) is 7.05 Å². The van der Waals surface area contributed by atoms with Gasteiger partial charge < -0.3 is 10.2 Å². The van der Waals surface area contributed by atoms with Crippen molar-refractivity contribution in [3.8, 4) is 0 Å². The fourth-order valence-corrected chi connectivity index (χ4v) is 2.29. The topological polar surface area (TPSA) is 40.5 Å². The molecule has 0 fully saturated rings. The number of aromatic nitrogens is 1. The van der Waals surface area contributed by atoms with Crippen LogP contribution < -0.4 is 5.32 Å². The summed E-state index contributed by atoms with van der Waals surface area (Å²) in [6.45, 7) is 5.60. The molecule has 0 saturated heterocycles. The number of pyridine rings is 1. The summed E-state index contributed by atoms with van der Waals surface area (Å²) >= 11 is 0. The Kier molecular flexibility index (Phi) is 8.02. The summed E-state index contributed by atoms with van der Waals surface area (Å²) in [7, 11) is 3.84. The van der Waals surface area contributed by atoms with Gasteiger partial charge in [0.25, 0.3) is 0 Å². The van der Waals surface area contributed by atoms with Gasteiger partial charge in [-0.2, -0.15) is 0 Å². The van der Waals surface area contributed by atoms with Gasteiger partial charge in [0.05, 0.1) is 12.2 Å². The summed E-state index contributed by atoms with van der Waals surface area (Å²) in [5, 5.41) is 3.36. The van der Waals surface area contributed by atoms with Crippen LogP contribution in [0.4, 0.5) is 0 Å². The Bertz CT molecular complexity index is 638. The highest BCUT2D eigenvalue weighted by Gasteiger charge is 2.07. The third-order valence-corrected chi connectivity index (χ3v) is 3.49. The van der Waals surface area contributed by atoms with Gasteiger partial charge in [-0.3, -0.25) is 9.98 Å². The molecule has 1 aromatic heterocycles. The molecule has 124 valence electrons. The monoisotopic (exact) mass is 424 g/mol. The summed E-state index contributed by atoms with van der Waals surface area (Å²) < 4.78 is 0. The molecule has 1 heterocycles. The summed E-state index contributed by atoms with van der Waals surface area (Å²) in [4.78, 5) is 11.0. The minimum atomic E-state index is 0. The van der Waals surface area contributed by atoms with Crippen LogP contribution in [0.25, 0.3) is 0 Å². The van der Waals surface area contributed by atoms with Gasteiger partial charge in [0.2, 0.25) is 0 Å². The van der Waals surface area contributed by atoms with E-state index in [4.69, 9.17) is 0 Å². The van der Waals surface area contributed by atoms with Crippen LogP contribution in [0.1, 0.15) is 22.5 Å². The van der Waals surface area contributed by atoms with Crippen molar-refractivity contribution >= 4 is 29.9 Å². The predicted molar refractivity (Wildman–Crippen MR) is 107 cm³/mol. The van der Waals surface area contributed by atoms with Gasteiger partial charge in [0, 0.05) is 26.3 Å². The molecule has 5 heteroatoms. The molecule has 0 spiro atoms. The third kappa shape index (κ3) is 6.17. The molecule has 0 bridgehead atoms. The Hall–Kier alpha value is -1.63. The number of halogens is 1. The molecular formula is C18H25IN4.